The van der Waals surface area contributed by atoms with Gasteiger partial charge in [0.15, 0.2) is 0 Å². The van der Waals surface area contributed by atoms with Crippen LogP contribution in [0.3, 0.4) is 0 Å². The molecule has 3 aromatic carbocycles. The molecule has 1 heterocycles. The van der Waals surface area contributed by atoms with Gasteiger partial charge >= 0.3 is 0 Å². The van der Waals surface area contributed by atoms with Gasteiger partial charge in [0.25, 0.3) is 17.5 Å². The van der Waals surface area contributed by atoms with Crippen LogP contribution < -0.4 is 4.90 Å². The zero-order valence-electron chi connectivity index (χ0n) is 12.7. The van der Waals surface area contributed by atoms with E-state index in [9.17, 15) is 24.8 Å². The number of hydrogen-bond acceptors (Lipinski definition) is 5. The Hall–Kier alpha value is -3.74. The van der Waals surface area contributed by atoms with Crippen molar-refractivity contribution in [3.63, 3.8) is 0 Å². The smallest absolute Gasteiger partial charge is 0.270 e. The molecule has 0 saturated carbocycles. The number of nitro benzene ring substituents is 1. The lowest BCUT2D eigenvalue weighted by Crippen LogP contribution is -2.29. The summed E-state index contributed by atoms with van der Waals surface area (Å²) in [5.41, 5.74) is 0.184. The van der Waals surface area contributed by atoms with Gasteiger partial charge in [-0.1, -0.05) is 24.3 Å². The van der Waals surface area contributed by atoms with Crippen LogP contribution in [0.1, 0.15) is 20.7 Å². The van der Waals surface area contributed by atoms with Gasteiger partial charge in [-0.15, -0.1) is 0 Å². The molecule has 0 spiro atoms. The van der Waals surface area contributed by atoms with E-state index in [-0.39, 0.29) is 22.6 Å². The summed E-state index contributed by atoms with van der Waals surface area (Å²) in [5.74, 6) is -1.14. The highest BCUT2D eigenvalue weighted by Crippen LogP contribution is 2.37. The van der Waals surface area contributed by atoms with E-state index in [1.165, 1.54) is 18.2 Å². The fourth-order valence-electron chi connectivity index (χ4n) is 3.03. The second-order valence-corrected chi connectivity index (χ2v) is 5.58. The SMILES string of the molecule is O=C1c2ccc([N+](=O)[O-])cc2C(=O)N1c1cccc2c(O)cccc12. The Bertz CT molecular complexity index is 1090. The van der Waals surface area contributed by atoms with E-state index in [4.69, 9.17) is 0 Å². The first-order chi connectivity index (χ1) is 12.0. The lowest BCUT2D eigenvalue weighted by molar-refractivity contribution is -0.384. The van der Waals surface area contributed by atoms with Crippen LogP contribution in [0.25, 0.3) is 10.8 Å². The maximum Gasteiger partial charge on any atom is 0.270 e. The molecule has 0 atom stereocenters. The summed E-state index contributed by atoms with van der Waals surface area (Å²) >= 11 is 0. The lowest BCUT2D eigenvalue weighted by Gasteiger charge is -2.16. The number of aromatic hydroxyl groups is 1. The number of rotatable bonds is 2. The summed E-state index contributed by atoms with van der Waals surface area (Å²) in [4.78, 5) is 36.7. The van der Waals surface area contributed by atoms with E-state index in [0.717, 1.165) is 11.0 Å². The Kier molecular flexibility index (Phi) is 3.04. The first-order valence-electron chi connectivity index (χ1n) is 7.37. The first kappa shape index (κ1) is 14.8. The summed E-state index contributed by atoms with van der Waals surface area (Å²) < 4.78 is 0. The molecular formula is C18H10N2O5. The second kappa shape index (κ2) is 5.13. The lowest BCUT2D eigenvalue weighted by atomic mass is 10.1. The minimum Gasteiger partial charge on any atom is -0.507 e. The molecule has 0 unspecified atom stereocenters. The van der Waals surface area contributed by atoms with Crippen LogP contribution in [0, 0.1) is 10.1 Å². The maximum absolute atomic E-state index is 12.7. The summed E-state index contributed by atoms with van der Waals surface area (Å²) in [5, 5.41) is 21.9. The van der Waals surface area contributed by atoms with E-state index >= 15 is 0 Å². The maximum atomic E-state index is 12.7. The van der Waals surface area contributed by atoms with Gasteiger partial charge in [0.1, 0.15) is 5.75 Å². The number of benzene rings is 3. The highest BCUT2D eigenvalue weighted by molar-refractivity contribution is 6.36. The quantitative estimate of drug-likeness (QED) is 0.440. The molecule has 1 N–H and O–H groups in total. The number of non-ortho nitro benzene ring substituents is 1. The fourth-order valence-corrected chi connectivity index (χ4v) is 3.03. The Balaban J connectivity index is 1.91. The molecule has 3 aromatic rings. The molecule has 1 aliphatic heterocycles. The number of carbonyl (C=O) groups excluding carboxylic acids is 2. The molecular weight excluding hydrogens is 324 g/mol. The number of phenolic OH excluding ortho intramolecular Hbond substituents is 1. The Morgan fingerprint density at radius 3 is 2.32 bits per heavy atom. The number of imide groups is 1. The van der Waals surface area contributed by atoms with Crippen LogP contribution in [-0.4, -0.2) is 21.8 Å². The molecule has 0 fully saturated rings. The Morgan fingerprint density at radius 1 is 0.880 bits per heavy atom. The normalized spacial score (nSPS) is 13.4. The average molecular weight is 334 g/mol. The zero-order valence-corrected chi connectivity index (χ0v) is 12.7. The minimum absolute atomic E-state index is 0.00337. The van der Waals surface area contributed by atoms with Gasteiger partial charge in [0.2, 0.25) is 0 Å². The van der Waals surface area contributed by atoms with Gasteiger partial charge in [-0.05, 0) is 18.2 Å². The van der Waals surface area contributed by atoms with Crippen molar-refractivity contribution in [2.24, 2.45) is 0 Å². The minimum atomic E-state index is -0.625. The van der Waals surface area contributed by atoms with E-state index in [1.54, 1.807) is 30.3 Å². The van der Waals surface area contributed by atoms with Crippen LogP contribution in [0.4, 0.5) is 11.4 Å². The summed E-state index contributed by atoms with van der Waals surface area (Å²) in [6, 6.07) is 13.3. The average Bonchev–Trinajstić information content (AvgIpc) is 2.85. The predicted molar refractivity (Wildman–Crippen MR) is 89.8 cm³/mol. The van der Waals surface area contributed by atoms with Gasteiger partial charge in [0, 0.05) is 22.9 Å². The molecule has 25 heavy (non-hydrogen) atoms. The Morgan fingerprint density at radius 2 is 1.56 bits per heavy atom. The van der Waals surface area contributed by atoms with Gasteiger partial charge < -0.3 is 5.11 Å². The number of nitro groups is 1. The second-order valence-electron chi connectivity index (χ2n) is 5.58. The number of carbonyl (C=O) groups is 2. The monoisotopic (exact) mass is 334 g/mol. The molecule has 2 amide bonds. The first-order valence-corrected chi connectivity index (χ1v) is 7.37. The van der Waals surface area contributed by atoms with E-state index in [0.29, 0.717) is 16.5 Å². The van der Waals surface area contributed by atoms with Gasteiger partial charge in [-0.3, -0.25) is 19.7 Å². The van der Waals surface area contributed by atoms with Crippen molar-refractivity contribution >= 4 is 34.0 Å². The van der Waals surface area contributed by atoms with Crippen molar-refractivity contribution in [3.8, 4) is 5.75 Å². The zero-order chi connectivity index (χ0) is 17.7. The number of fused-ring (bicyclic) bond motifs is 2. The standard InChI is InChI=1S/C18H10N2O5/c21-16-6-2-3-11-12(16)4-1-5-15(11)19-17(22)13-8-7-10(20(24)25)9-14(13)18(19)23/h1-9,21H. The molecule has 0 aliphatic carbocycles. The fraction of sp³-hybridized carbons (Fsp3) is 0. The van der Waals surface area contributed by atoms with Crippen molar-refractivity contribution in [3.05, 3.63) is 75.8 Å². The van der Waals surface area contributed by atoms with E-state index in [1.807, 2.05) is 0 Å². The highest BCUT2D eigenvalue weighted by Gasteiger charge is 2.38. The number of nitrogens with zero attached hydrogens (tertiary/aromatic N) is 2. The van der Waals surface area contributed by atoms with Gasteiger partial charge in [0.05, 0.1) is 21.7 Å². The van der Waals surface area contributed by atoms with Crippen LogP contribution in [-0.2, 0) is 0 Å². The van der Waals surface area contributed by atoms with E-state index < -0.39 is 16.7 Å². The molecule has 7 heteroatoms. The predicted octanol–water partition coefficient (Wildman–Crippen LogP) is 3.25. The van der Waals surface area contributed by atoms with Gasteiger partial charge in [-0.2, -0.15) is 0 Å². The number of anilines is 1. The topological polar surface area (TPSA) is 101 Å². The molecule has 1 aliphatic rings. The number of amides is 2. The highest BCUT2D eigenvalue weighted by atomic mass is 16.6. The third kappa shape index (κ3) is 2.06. The third-order valence-electron chi connectivity index (χ3n) is 4.20. The molecule has 0 saturated heterocycles. The van der Waals surface area contributed by atoms with Gasteiger partial charge in [-0.25, -0.2) is 4.90 Å². The largest absolute Gasteiger partial charge is 0.507 e. The van der Waals surface area contributed by atoms with Crippen molar-refractivity contribution in [2.75, 3.05) is 4.90 Å². The molecule has 122 valence electrons. The van der Waals surface area contributed by atoms with Crippen molar-refractivity contribution < 1.29 is 19.6 Å². The van der Waals surface area contributed by atoms with Crippen LogP contribution in [0.5, 0.6) is 5.75 Å². The molecule has 0 bridgehead atoms. The molecule has 0 radical (unpaired) electrons. The number of phenols is 1. The van der Waals surface area contributed by atoms with Crippen LogP contribution >= 0.6 is 0 Å². The number of hydrogen-bond donors (Lipinski definition) is 1. The third-order valence-corrected chi connectivity index (χ3v) is 4.20. The van der Waals surface area contributed by atoms with Crippen molar-refractivity contribution in [1.82, 2.24) is 0 Å². The Labute approximate surface area is 140 Å². The van der Waals surface area contributed by atoms with Crippen LogP contribution in [0.2, 0.25) is 0 Å². The summed E-state index contributed by atoms with van der Waals surface area (Å²) in [6.07, 6.45) is 0. The summed E-state index contributed by atoms with van der Waals surface area (Å²) in [7, 11) is 0. The molecule has 4 rings (SSSR count). The van der Waals surface area contributed by atoms with Crippen molar-refractivity contribution in [1.29, 1.82) is 0 Å². The van der Waals surface area contributed by atoms with E-state index in [2.05, 4.69) is 0 Å². The molecule has 0 aromatic heterocycles. The summed E-state index contributed by atoms with van der Waals surface area (Å²) in [6.45, 7) is 0. The van der Waals surface area contributed by atoms with Crippen LogP contribution in [0.15, 0.2) is 54.6 Å². The molecule has 7 nitrogen and oxygen atoms in total. The van der Waals surface area contributed by atoms with Crippen molar-refractivity contribution in [2.45, 2.75) is 0 Å².